The van der Waals surface area contributed by atoms with Gasteiger partial charge in [-0.2, -0.15) is 0 Å². The van der Waals surface area contributed by atoms with E-state index in [-0.39, 0.29) is 98.2 Å². The average Bonchev–Trinajstić information content (AvgIpc) is 0.799. The lowest BCUT2D eigenvalue weighted by molar-refractivity contribution is -0.385. The number of pyridine rings is 2. The summed E-state index contributed by atoms with van der Waals surface area (Å²) in [4.78, 5) is 94.5. The molecule has 0 fully saturated rings. The van der Waals surface area contributed by atoms with Crippen LogP contribution < -0.4 is 40.6 Å². The fourth-order valence-electron chi connectivity index (χ4n) is 9.45. The summed E-state index contributed by atoms with van der Waals surface area (Å²) in [6, 6.07) is 47.5. The summed E-state index contributed by atoms with van der Waals surface area (Å²) in [7, 11) is -10.1. The number of rotatable bonds is 17. The van der Waals surface area contributed by atoms with Gasteiger partial charge in [0.05, 0.1) is 38.0 Å². The zero-order valence-electron chi connectivity index (χ0n) is 49.0. The number of nitrogens with two attached hydrogens (primary N) is 1. The molecule has 31 heteroatoms. The third-order valence-corrected chi connectivity index (χ3v) is 19.3. The number of nitrogen functional groups attached to an aromatic ring is 1. The number of hydrogen-bond acceptors (Lipinski definition) is 21. The van der Waals surface area contributed by atoms with Crippen molar-refractivity contribution in [2.75, 3.05) is 43.0 Å². The molecule has 484 valence electrons. The summed E-state index contributed by atoms with van der Waals surface area (Å²) >= 11 is 18.4. The predicted octanol–water partition coefficient (Wildman–Crippen LogP) is 11.6. The highest BCUT2D eigenvalue weighted by atomic mass is 35.5. The second-order valence-corrected chi connectivity index (χ2v) is 26.4. The number of carbonyl (C=O) groups is 6. The molecule has 2 heterocycles. The largest absolute Gasteiger partial charge is 0.497 e. The predicted molar refractivity (Wildman–Crippen MR) is 359 cm³/mol. The van der Waals surface area contributed by atoms with Crippen molar-refractivity contribution < 1.29 is 63.7 Å². The molecule has 0 saturated heterocycles. The fraction of sp³-hybridized carbons (Fsp3) is 0.0154. The highest BCUT2D eigenvalue weighted by molar-refractivity contribution is 7.93. The molecule has 3 aliphatic rings. The van der Waals surface area contributed by atoms with E-state index in [4.69, 9.17) is 45.3 Å². The molecule has 96 heavy (non-hydrogen) atoms. The van der Waals surface area contributed by atoms with Crippen LogP contribution in [0.1, 0.15) is 62.1 Å². The molecule has 9 aromatic rings. The summed E-state index contributed by atoms with van der Waals surface area (Å²) in [6.45, 7) is 0. The number of nitro benzene ring substituents is 1. The van der Waals surface area contributed by atoms with Crippen LogP contribution in [0.4, 0.5) is 45.8 Å². The lowest BCUT2D eigenvalue weighted by Crippen LogP contribution is -2.25. The number of benzene rings is 7. The average molecular weight is 1410 g/mol. The van der Waals surface area contributed by atoms with E-state index in [0.29, 0.717) is 22.8 Å². The monoisotopic (exact) mass is 1410 g/mol. The molecule has 3 aliphatic carbocycles. The van der Waals surface area contributed by atoms with Crippen LogP contribution in [-0.2, 0) is 30.1 Å². The lowest BCUT2D eigenvalue weighted by atomic mass is 9.91. The molecule has 25 nitrogen and oxygen atoms in total. The van der Waals surface area contributed by atoms with Gasteiger partial charge in [-0.25, -0.2) is 35.2 Å². The number of ketones is 6. The number of nitro groups is 1. The number of carbonyl (C=O) groups excluding carboxylic acids is 6. The van der Waals surface area contributed by atoms with E-state index in [2.05, 4.69) is 40.1 Å². The van der Waals surface area contributed by atoms with Crippen LogP contribution in [0.15, 0.2) is 253 Å². The number of anilines is 7. The summed E-state index contributed by atoms with van der Waals surface area (Å²) in [5.41, 5.74) is 6.66. The first-order valence-electron chi connectivity index (χ1n) is 27.6. The Kier molecular flexibility index (Phi) is 19.7. The molecular weight excluding hydrogens is 1360 g/mol. The van der Waals surface area contributed by atoms with E-state index >= 15 is 0 Å². The Balaban J connectivity index is 0.000000157. The third-order valence-electron chi connectivity index (χ3n) is 14.1. The Morgan fingerprint density at radius 1 is 0.417 bits per heavy atom. The number of ether oxygens (including phenoxy) is 1. The standard InChI is InChI=1S/C23H17ClN2O5S.C21H13ClN4O6S.C21H15ClN4O4S/c1-31-16-6-4-5-15(13-16)26-32(29,30)17-11-9-14(10-12-17)25-21-20(24)22(27)18-7-2-3-8-19(18)23(21)28;22-18-19(20(27)14-4-3-5-15(26(29)30)17(14)21(18)28)24-12-7-9-13(10-8-12)33(31,32)25-16-6-1-2-11-23-16;22-18-19(20(27)14-4-3-5-15(23)17(14)21(18)28)25-12-7-9-13(10-8-12)31(29,30)26-16-6-1-2-11-24-16/h2-13,25-26H,1H3;1-11,24H,(H,23,25);1-11,25H,23H2,(H,24,26). The van der Waals surface area contributed by atoms with Gasteiger partial charge in [0.15, 0.2) is 0 Å². The molecule has 0 atom stereocenters. The van der Waals surface area contributed by atoms with Crippen molar-refractivity contribution in [1.29, 1.82) is 0 Å². The summed E-state index contributed by atoms with van der Waals surface area (Å²) in [6.07, 6.45) is 2.91. The van der Waals surface area contributed by atoms with E-state index in [0.717, 1.165) is 6.07 Å². The number of fused-ring (bicyclic) bond motifs is 3. The first kappa shape index (κ1) is 67.5. The zero-order valence-corrected chi connectivity index (χ0v) is 53.7. The van der Waals surface area contributed by atoms with Crippen LogP contribution in [0.5, 0.6) is 5.75 Å². The lowest BCUT2D eigenvalue weighted by Gasteiger charge is -2.20. The van der Waals surface area contributed by atoms with E-state index in [9.17, 15) is 64.1 Å². The van der Waals surface area contributed by atoms with Crippen LogP contribution in [0.25, 0.3) is 0 Å². The number of methoxy groups -OCH3 is 1. The van der Waals surface area contributed by atoms with E-state index in [1.54, 1.807) is 78.9 Å². The summed E-state index contributed by atoms with van der Waals surface area (Å²) in [5, 5.41) is 18.6. The zero-order chi connectivity index (χ0) is 68.8. The van der Waals surface area contributed by atoms with Gasteiger partial charge in [0.1, 0.15) is 55.1 Å². The van der Waals surface area contributed by atoms with Gasteiger partial charge in [-0.15, -0.1) is 0 Å². The number of hydrogen-bond donors (Lipinski definition) is 7. The van der Waals surface area contributed by atoms with Gasteiger partial charge in [-0.05, 0) is 121 Å². The minimum atomic E-state index is -3.91. The molecule has 0 saturated carbocycles. The van der Waals surface area contributed by atoms with E-state index in [1.807, 2.05) is 0 Å². The molecule has 0 amide bonds. The normalized spacial score (nSPS) is 13.6. The van der Waals surface area contributed by atoms with Crippen LogP contribution in [0.3, 0.4) is 0 Å². The van der Waals surface area contributed by atoms with Gasteiger partial charge >= 0.3 is 0 Å². The first-order chi connectivity index (χ1) is 45.8. The molecule has 0 spiro atoms. The number of Topliss-reactive ketones (excluding diaryl/α,β-unsaturated/α-hetero) is 6. The number of sulfonamides is 3. The minimum absolute atomic E-state index is 0.00653. The first-order valence-corrected chi connectivity index (χ1v) is 33.2. The Bertz CT molecular complexity index is 5160. The summed E-state index contributed by atoms with van der Waals surface area (Å²) < 4.78 is 87.7. The van der Waals surface area contributed by atoms with Crippen molar-refractivity contribution >= 4 is 145 Å². The van der Waals surface area contributed by atoms with Gasteiger partial charge in [-0.1, -0.05) is 95.5 Å². The van der Waals surface area contributed by atoms with Gasteiger partial charge in [0, 0.05) is 69.5 Å². The van der Waals surface area contributed by atoms with E-state index < -0.39 is 80.4 Å². The van der Waals surface area contributed by atoms with Crippen molar-refractivity contribution in [2.45, 2.75) is 14.7 Å². The Morgan fingerprint density at radius 2 is 0.792 bits per heavy atom. The molecule has 0 radical (unpaired) electrons. The number of nitrogens with one attached hydrogen (secondary N) is 6. The number of halogens is 3. The smallest absolute Gasteiger partial charge is 0.281 e. The van der Waals surface area contributed by atoms with Crippen molar-refractivity contribution in [3.8, 4) is 5.75 Å². The Labute approximate surface area is 561 Å². The van der Waals surface area contributed by atoms with Crippen molar-refractivity contribution in [2.24, 2.45) is 0 Å². The SMILES string of the molecule is COc1cccc(NS(=O)(=O)c2ccc(NC3=C(Cl)C(=O)c4ccccc4C3=O)cc2)c1.Nc1cccc2c1C(=O)C(Cl)=C(Nc1ccc(S(=O)(=O)Nc3ccccn3)cc1)C2=O.O=C1C(Nc2ccc(S(=O)(=O)Nc3ccccn3)cc2)=C(Cl)C(=O)c2c1cccc2[N+](=O)[O-]. The molecular formula is C65H45Cl3N10O15S3. The summed E-state index contributed by atoms with van der Waals surface area (Å²) in [5.74, 6) is -2.62. The minimum Gasteiger partial charge on any atom is -0.497 e. The van der Waals surface area contributed by atoms with Crippen LogP contribution in [0.2, 0.25) is 0 Å². The number of allylic oxidation sites excluding steroid dienone is 6. The highest BCUT2D eigenvalue weighted by Crippen LogP contribution is 2.37. The Hall–Kier alpha value is -11.4. The molecule has 0 aliphatic heterocycles. The van der Waals surface area contributed by atoms with Gasteiger partial charge in [0.25, 0.3) is 35.8 Å². The third kappa shape index (κ3) is 14.5. The maximum atomic E-state index is 12.9. The molecule has 8 N–H and O–H groups in total. The molecule has 0 unspecified atom stereocenters. The topological polar surface area (TPSA) is 381 Å². The Morgan fingerprint density at radius 3 is 1.23 bits per heavy atom. The maximum Gasteiger partial charge on any atom is 0.281 e. The van der Waals surface area contributed by atoms with Crippen molar-refractivity contribution in [3.63, 3.8) is 0 Å². The second kappa shape index (κ2) is 28.0. The molecule has 2 aromatic heterocycles. The van der Waals surface area contributed by atoms with Gasteiger partial charge < -0.3 is 26.4 Å². The van der Waals surface area contributed by atoms with Crippen LogP contribution in [-0.4, -0.2) is 82.0 Å². The van der Waals surface area contributed by atoms with E-state index in [1.165, 1.54) is 129 Å². The molecule has 7 aromatic carbocycles. The quantitative estimate of drug-likeness (QED) is 0.0253. The van der Waals surface area contributed by atoms with Crippen molar-refractivity contribution in [3.05, 3.63) is 282 Å². The molecule has 0 bridgehead atoms. The van der Waals surface area contributed by atoms with Gasteiger partial charge in [0.2, 0.25) is 34.7 Å². The maximum absolute atomic E-state index is 12.9. The fourth-order valence-corrected chi connectivity index (χ4v) is 13.2. The van der Waals surface area contributed by atoms with Gasteiger partial charge in [-0.3, -0.25) is 53.0 Å². The van der Waals surface area contributed by atoms with Crippen LogP contribution >= 0.6 is 34.8 Å². The second-order valence-electron chi connectivity index (χ2n) is 20.2. The highest BCUT2D eigenvalue weighted by Gasteiger charge is 2.38. The number of aromatic nitrogens is 2. The molecule has 12 rings (SSSR count). The van der Waals surface area contributed by atoms with Crippen molar-refractivity contribution in [1.82, 2.24) is 9.97 Å². The number of nitrogens with zero attached hydrogens (tertiary/aromatic N) is 3. The van der Waals surface area contributed by atoms with Crippen LogP contribution in [0, 0.1) is 10.1 Å².